The highest BCUT2D eigenvalue weighted by Crippen LogP contribution is 2.46. The normalized spacial score (nSPS) is 30.4. The number of carboxylic acids is 1. The van der Waals surface area contributed by atoms with Crippen molar-refractivity contribution in [1.29, 1.82) is 0 Å². The minimum absolute atomic E-state index is 0.114. The van der Waals surface area contributed by atoms with Gasteiger partial charge in [0.25, 0.3) is 0 Å². The molecule has 1 saturated carbocycles. The number of hydrogen-bond donors (Lipinski definition) is 1. The SMILES string of the molecule is COC1(C#CC(C)(C)C)CC1C(=O)O. The van der Waals surface area contributed by atoms with Crippen molar-refractivity contribution in [3.05, 3.63) is 0 Å². The largest absolute Gasteiger partial charge is 0.481 e. The van der Waals surface area contributed by atoms with Crippen LogP contribution in [0, 0.1) is 23.2 Å². The van der Waals surface area contributed by atoms with Crippen molar-refractivity contribution in [3.63, 3.8) is 0 Å². The lowest BCUT2D eigenvalue weighted by molar-refractivity contribution is -0.140. The Labute approximate surface area is 84.5 Å². The fraction of sp³-hybridized carbons (Fsp3) is 0.727. The molecule has 3 nitrogen and oxygen atoms in total. The van der Waals surface area contributed by atoms with Crippen LogP contribution in [0.4, 0.5) is 0 Å². The molecule has 1 rings (SSSR count). The van der Waals surface area contributed by atoms with E-state index < -0.39 is 17.5 Å². The van der Waals surface area contributed by atoms with Crippen LogP contribution in [0.2, 0.25) is 0 Å². The van der Waals surface area contributed by atoms with E-state index >= 15 is 0 Å². The molecule has 1 fully saturated rings. The Morgan fingerprint density at radius 2 is 2.14 bits per heavy atom. The summed E-state index contributed by atoms with van der Waals surface area (Å²) in [5.74, 6) is 4.68. The average molecular weight is 196 g/mol. The average Bonchev–Trinajstić information content (AvgIpc) is 2.75. The van der Waals surface area contributed by atoms with Gasteiger partial charge >= 0.3 is 5.97 Å². The fourth-order valence-corrected chi connectivity index (χ4v) is 1.24. The summed E-state index contributed by atoms with van der Waals surface area (Å²) in [6, 6.07) is 0. The third-order valence-corrected chi connectivity index (χ3v) is 2.22. The molecule has 0 aromatic heterocycles. The topological polar surface area (TPSA) is 46.5 Å². The first-order chi connectivity index (χ1) is 6.31. The molecule has 3 heteroatoms. The highest BCUT2D eigenvalue weighted by atomic mass is 16.5. The molecule has 14 heavy (non-hydrogen) atoms. The summed E-state index contributed by atoms with van der Waals surface area (Å²) in [5, 5.41) is 8.80. The van der Waals surface area contributed by atoms with E-state index in [9.17, 15) is 4.79 Å². The van der Waals surface area contributed by atoms with Crippen LogP contribution in [0.1, 0.15) is 27.2 Å². The lowest BCUT2D eigenvalue weighted by Gasteiger charge is -2.10. The van der Waals surface area contributed by atoms with Gasteiger partial charge in [0.1, 0.15) is 11.5 Å². The van der Waals surface area contributed by atoms with Crippen LogP contribution in [0.5, 0.6) is 0 Å². The zero-order valence-electron chi connectivity index (χ0n) is 9.05. The predicted molar refractivity (Wildman–Crippen MR) is 52.7 cm³/mol. The monoisotopic (exact) mass is 196 g/mol. The Morgan fingerprint density at radius 1 is 1.57 bits per heavy atom. The summed E-state index contributed by atoms with van der Waals surface area (Å²) in [6.45, 7) is 5.96. The van der Waals surface area contributed by atoms with Gasteiger partial charge in [-0.05, 0) is 20.8 Å². The second kappa shape index (κ2) is 3.29. The Kier molecular flexibility index (Phi) is 2.60. The van der Waals surface area contributed by atoms with Gasteiger partial charge in [-0.25, -0.2) is 0 Å². The van der Waals surface area contributed by atoms with Gasteiger partial charge in [-0.1, -0.05) is 11.8 Å². The molecule has 2 unspecified atom stereocenters. The van der Waals surface area contributed by atoms with Crippen LogP contribution in [0.25, 0.3) is 0 Å². The summed E-state index contributed by atoms with van der Waals surface area (Å²) >= 11 is 0. The highest BCUT2D eigenvalue weighted by Gasteiger charge is 2.59. The maximum absolute atomic E-state index is 10.7. The van der Waals surface area contributed by atoms with E-state index in [2.05, 4.69) is 11.8 Å². The van der Waals surface area contributed by atoms with Crippen molar-refractivity contribution in [2.45, 2.75) is 32.8 Å². The standard InChI is InChI=1S/C11H16O3/c1-10(2,3)5-6-11(14-4)7-8(11)9(12)13/h8H,7H2,1-4H3,(H,12,13). The Bertz CT molecular complexity index is 303. The first-order valence-corrected chi connectivity index (χ1v) is 4.63. The number of carboxylic acid groups (broad SMARTS) is 1. The van der Waals surface area contributed by atoms with Gasteiger partial charge in [-0.2, -0.15) is 0 Å². The summed E-state index contributed by atoms with van der Waals surface area (Å²) < 4.78 is 5.16. The Hall–Kier alpha value is -1.01. The van der Waals surface area contributed by atoms with Gasteiger partial charge < -0.3 is 9.84 Å². The summed E-state index contributed by atoms with van der Waals surface area (Å²) in [6.07, 6.45) is 0.502. The third kappa shape index (κ3) is 2.27. The smallest absolute Gasteiger partial charge is 0.310 e. The highest BCUT2D eigenvalue weighted by molar-refractivity contribution is 5.77. The maximum Gasteiger partial charge on any atom is 0.310 e. The molecule has 0 aromatic rings. The van der Waals surface area contributed by atoms with E-state index in [-0.39, 0.29) is 5.41 Å². The van der Waals surface area contributed by atoms with Gasteiger partial charge in [-0.15, -0.1) is 0 Å². The van der Waals surface area contributed by atoms with E-state index in [1.54, 1.807) is 0 Å². The van der Waals surface area contributed by atoms with Crippen molar-refractivity contribution >= 4 is 5.97 Å². The molecular formula is C11H16O3. The Balaban J connectivity index is 2.76. The molecule has 0 bridgehead atoms. The minimum atomic E-state index is -0.824. The molecule has 0 radical (unpaired) electrons. The molecule has 0 heterocycles. The van der Waals surface area contributed by atoms with Crippen molar-refractivity contribution in [3.8, 4) is 11.8 Å². The zero-order valence-corrected chi connectivity index (χ0v) is 9.05. The summed E-state index contributed by atoms with van der Waals surface area (Å²) in [5.41, 5.74) is -0.837. The van der Waals surface area contributed by atoms with Gasteiger partial charge in [0.15, 0.2) is 0 Å². The maximum atomic E-state index is 10.7. The van der Waals surface area contributed by atoms with E-state index in [1.165, 1.54) is 7.11 Å². The number of rotatable bonds is 2. The van der Waals surface area contributed by atoms with Crippen LogP contribution >= 0.6 is 0 Å². The Morgan fingerprint density at radius 3 is 2.43 bits per heavy atom. The van der Waals surface area contributed by atoms with Crippen molar-refractivity contribution in [2.75, 3.05) is 7.11 Å². The van der Waals surface area contributed by atoms with Gasteiger partial charge in [0.05, 0.1) is 0 Å². The van der Waals surface area contributed by atoms with E-state index in [0.29, 0.717) is 6.42 Å². The molecule has 1 N–H and O–H groups in total. The molecule has 1 aliphatic rings. The second-order valence-corrected chi connectivity index (χ2v) is 4.69. The van der Waals surface area contributed by atoms with Crippen LogP contribution < -0.4 is 0 Å². The summed E-state index contributed by atoms with van der Waals surface area (Å²) in [7, 11) is 1.51. The van der Waals surface area contributed by atoms with E-state index in [1.807, 2.05) is 20.8 Å². The summed E-state index contributed by atoms with van der Waals surface area (Å²) in [4.78, 5) is 10.7. The van der Waals surface area contributed by atoms with Gasteiger partial charge in [0, 0.05) is 18.9 Å². The van der Waals surface area contributed by atoms with Gasteiger partial charge in [-0.3, -0.25) is 4.79 Å². The first kappa shape index (κ1) is 11.1. The second-order valence-electron chi connectivity index (χ2n) is 4.69. The molecule has 0 saturated heterocycles. The van der Waals surface area contributed by atoms with E-state index in [4.69, 9.17) is 9.84 Å². The number of ether oxygens (including phenoxy) is 1. The molecule has 78 valence electrons. The number of methoxy groups -OCH3 is 1. The quantitative estimate of drug-likeness (QED) is 0.681. The molecule has 0 amide bonds. The first-order valence-electron chi connectivity index (χ1n) is 4.63. The van der Waals surface area contributed by atoms with Gasteiger partial charge in [0.2, 0.25) is 0 Å². The van der Waals surface area contributed by atoms with Crippen molar-refractivity contribution < 1.29 is 14.6 Å². The molecule has 1 aliphatic carbocycles. The van der Waals surface area contributed by atoms with Crippen LogP contribution in [-0.4, -0.2) is 23.8 Å². The van der Waals surface area contributed by atoms with Crippen LogP contribution in [-0.2, 0) is 9.53 Å². The van der Waals surface area contributed by atoms with Crippen LogP contribution in [0.15, 0.2) is 0 Å². The van der Waals surface area contributed by atoms with Crippen molar-refractivity contribution in [2.24, 2.45) is 11.3 Å². The predicted octanol–water partition coefficient (Wildman–Crippen LogP) is 1.53. The van der Waals surface area contributed by atoms with Crippen LogP contribution in [0.3, 0.4) is 0 Å². The lowest BCUT2D eigenvalue weighted by Crippen LogP contribution is -2.18. The molecule has 0 aliphatic heterocycles. The number of carbonyl (C=O) groups is 1. The minimum Gasteiger partial charge on any atom is -0.481 e. The molecular weight excluding hydrogens is 180 g/mol. The fourth-order valence-electron chi connectivity index (χ4n) is 1.24. The van der Waals surface area contributed by atoms with Crippen molar-refractivity contribution in [1.82, 2.24) is 0 Å². The third-order valence-electron chi connectivity index (χ3n) is 2.22. The molecule has 0 spiro atoms. The van der Waals surface area contributed by atoms with E-state index in [0.717, 1.165) is 0 Å². The number of hydrogen-bond acceptors (Lipinski definition) is 2. The number of aliphatic carboxylic acids is 1. The lowest BCUT2D eigenvalue weighted by atomic mass is 9.97. The molecule has 0 aromatic carbocycles. The molecule has 2 atom stereocenters. The zero-order chi connectivity index (χ0) is 11.0.